The van der Waals surface area contributed by atoms with Gasteiger partial charge in [-0.3, -0.25) is 9.69 Å². The molecule has 0 bridgehead atoms. The zero-order valence-corrected chi connectivity index (χ0v) is 19.5. The van der Waals surface area contributed by atoms with Crippen LogP contribution in [0.15, 0.2) is 42.5 Å². The van der Waals surface area contributed by atoms with Crippen LogP contribution in [-0.4, -0.2) is 45.2 Å². The van der Waals surface area contributed by atoms with Gasteiger partial charge >= 0.3 is 0 Å². The third-order valence-corrected chi connectivity index (χ3v) is 5.89. The van der Waals surface area contributed by atoms with Gasteiger partial charge in [-0.25, -0.2) is 0 Å². The molecule has 1 saturated heterocycles. The zero-order chi connectivity index (χ0) is 22.9. The molecule has 1 amide bonds. The molecule has 1 N–H and O–H groups in total. The van der Waals surface area contributed by atoms with Gasteiger partial charge in [-0.2, -0.15) is 0 Å². The quantitative estimate of drug-likeness (QED) is 0.593. The lowest BCUT2D eigenvalue weighted by Crippen LogP contribution is -2.32. The van der Waals surface area contributed by atoms with Crippen LogP contribution in [0.1, 0.15) is 36.5 Å². The highest BCUT2D eigenvalue weighted by atomic mass is 16.5. The first-order valence-corrected chi connectivity index (χ1v) is 11.1. The maximum absolute atomic E-state index is 12.3. The summed E-state index contributed by atoms with van der Waals surface area (Å²) in [7, 11) is 4.69. The summed E-state index contributed by atoms with van der Waals surface area (Å²) in [5, 5.41) is 2.93. The summed E-state index contributed by atoms with van der Waals surface area (Å²) in [6.45, 7) is 6.17. The van der Waals surface area contributed by atoms with E-state index in [2.05, 4.69) is 41.4 Å². The summed E-state index contributed by atoms with van der Waals surface area (Å²) in [5.41, 5.74) is 3.18. The van der Waals surface area contributed by atoms with Gasteiger partial charge in [0.15, 0.2) is 11.5 Å². The summed E-state index contributed by atoms with van der Waals surface area (Å²) in [6.07, 6.45) is 5.80. The van der Waals surface area contributed by atoms with Gasteiger partial charge in [0.2, 0.25) is 11.7 Å². The Morgan fingerprint density at radius 1 is 1.00 bits per heavy atom. The number of nitrogens with zero attached hydrogens (tertiary/aromatic N) is 1. The predicted octanol–water partition coefficient (Wildman–Crippen LogP) is 4.27. The zero-order valence-electron chi connectivity index (χ0n) is 19.5. The first kappa shape index (κ1) is 23.7. The molecule has 3 rings (SSSR count). The Bertz CT molecular complexity index is 891. The number of amides is 1. The van der Waals surface area contributed by atoms with Crippen LogP contribution in [0, 0.1) is 5.92 Å². The maximum Gasteiger partial charge on any atom is 0.244 e. The molecule has 0 atom stereocenters. The molecule has 0 aromatic heterocycles. The van der Waals surface area contributed by atoms with Crippen LogP contribution in [0.5, 0.6) is 17.2 Å². The standard InChI is InChI=1S/C26H34N2O4/c1-19-11-13-28(14-12-19)18-21-7-5-20(6-8-21)17-27-25(29)10-9-22-15-23(30-2)26(32-4)24(16-22)31-3/h5-10,15-16,19H,11-14,17-18H2,1-4H3,(H,27,29)/b10-9+. The molecule has 6 heteroatoms. The monoisotopic (exact) mass is 438 g/mol. The molecular formula is C26H34N2O4. The molecule has 1 aliphatic rings. The summed E-state index contributed by atoms with van der Waals surface area (Å²) in [6, 6.07) is 12.1. The van der Waals surface area contributed by atoms with Crippen LogP contribution in [0.2, 0.25) is 0 Å². The summed E-state index contributed by atoms with van der Waals surface area (Å²) < 4.78 is 16.0. The maximum atomic E-state index is 12.3. The van der Waals surface area contributed by atoms with E-state index in [0.29, 0.717) is 23.8 Å². The third-order valence-electron chi connectivity index (χ3n) is 5.89. The summed E-state index contributed by atoms with van der Waals surface area (Å²) in [4.78, 5) is 14.8. The molecule has 32 heavy (non-hydrogen) atoms. The summed E-state index contributed by atoms with van der Waals surface area (Å²) >= 11 is 0. The number of carbonyl (C=O) groups is 1. The number of rotatable bonds is 9. The number of methoxy groups -OCH3 is 3. The average Bonchev–Trinajstić information content (AvgIpc) is 2.82. The van der Waals surface area contributed by atoms with E-state index in [1.54, 1.807) is 39.5 Å². The third kappa shape index (κ3) is 6.50. The number of ether oxygens (including phenoxy) is 3. The van der Waals surface area contributed by atoms with Gasteiger partial charge in [0.05, 0.1) is 21.3 Å². The van der Waals surface area contributed by atoms with E-state index in [0.717, 1.165) is 23.6 Å². The minimum atomic E-state index is -0.162. The highest BCUT2D eigenvalue weighted by Crippen LogP contribution is 2.38. The molecule has 6 nitrogen and oxygen atoms in total. The minimum Gasteiger partial charge on any atom is -0.493 e. The van der Waals surface area contributed by atoms with E-state index in [-0.39, 0.29) is 5.91 Å². The Hall–Kier alpha value is -2.99. The number of benzene rings is 2. The molecule has 0 aliphatic carbocycles. The summed E-state index contributed by atoms with van der Waals surface area (Å²) in [5.74, 6) is 2.30. The van der Waals surface area contributed by atoms with Gasteiger partial charge < -0.3 is 19.5 Å². The fraction of sp³-hybridized carbons (Fsp3) is 0.423. The SMILES string of the molecule is COc1cc(/C=C/C(=O)NCc2ccc(CN3CCC(C)CC3)cc2)cc(OC)c1OC. The van der Waals surface area contributed by atoms with Crippen molar-refractivity contribution in [2.24, 2.45) is 5.92 Å². The van der Waals surface area contributed by atoms with Crippen LogP contribution < -0.4 is 19.5 Å². The Kier molecular flexibility index (Phi) is 8.56. The molecule has 0 spiro atoms. The fourth-order valence-corrected chi connectivity index (χ4v) is 3.86. The van der Waals surface area contributed by atoms with Crippen molar-refractivity contribution in [2.45, 2.75) is 32.9 Å². The normalized spacial score (nSPS) is 15.0. The first-order chi connectivity index (χ1) is 15.5. The van der Waals surface area contributed by atoms with Crippen LogP contribution >= 0.6 is 0 Å². The molecule has 1 heterocycles. The predicted molar refractivity (Wildman–Crippen MR) is 127 cm³/mol. The van der Waals surface area contributed by atoms with E-state index in [1.165, 1.54) is 37.6 Å². The largest absolute Gasteiger partial charge is 0.493 e. The van der Waals surface area contributed by atoms with Gasteiger partial charge in [-0.1, -0.05) is 31.2 Å². The van der Waals surface area contributed by atoms with E-state index in [1.807, 2.05) is 0 Å². The Labute approximate surface area is 191 Å². The highest BCUT2D eigenvalue weighted by molar-refractivity contribution is 5.91. The Balaban J connectivity index is 1.52. The molecule has 0 radical (unpaired) electrons. The van der Waals surface area contributed by atoms with Crippen LogP contribution in [-0.2, 0) is 17.9 Å². The number of nitrogens with one attached hydrogen (secondary N) is 1. The van der Waals surface area contributed by atoms with E-state index < -0.39 is 0 Å². The highest BCUT2D eigenvalue weighted by Gasteiger charge is 2.15. The van der Waals surface area contributed by atoms with Crippen molar-refractivity contribution in [3.8, 4) is 17.2 Å². The van der Waals surface area contributed by atoms with Crippen molar-refractivity contribution in [2.75, 3.05) is 34.4 Å². The number of likely N-dealkylation sites (tertiary alicyclic amines) is 1. The van der Waals surface area contributed by atoms with Crippen LogP contribution in [0.4, 0.5) is 0 Å². The Morgan fingerprint density at radius 3 is 2.16 bits per heavy atom. The molecule has 2 aromatic carbocycles. The van der Waals surface area contributed by atoms with Gasteiger partial charge in [0.1, 0.15) is 0 Å². The van der Waals surface area contributed by atoms with Crippen molar-refractivity contribution >= 4 is 12.0 Å². The molecule has 172 valence electrons. The van der Waals surface area contributed by atoms with E-state index in [4.69, 9.17) is 14.2 Å². The number of hydrogen-bond acceptors (Lipinski definition) is 5. The number of piperidine rings is 1. The topological polar surface area (TPSA) is 60.0 Å². The second-order valence-corrected chi connectivity index (χ2v) is 8.28. The van der Waals surface area contributed by atoms with Gasteiger partial charge in [0.25, 0.3) is 0 Å². The van der Waals surface area contributed by atoms with Crippen molar-refractivity contribution in [1.82, 2.24) is 10.2 Å². The smallest absolute Gasteiger partial charge is 0.244 e. The molecule has 2 aromatic rings. The van der Waals surface area contributed by atoms with Gasteiger partial charge in [-0.05, 0) is 66.7 Å². The molecule has 0 unspecified atom stereocenters. The first-order valence-electron chi connectivity index (χ1n) is 11.1. The van der Waals surface area contributed by atoms with E-state index in [9.17, 15) is 4.79 Å². The van der Waals surface area contributed by atoms with Crippen molar-refractivity contribution in [3.05, 3.63) is 59.2 Å². The lowest BCUT2D eigenvalue weighted by molar-refractivity contribution is -0.116. The average molecular weight is 439 g/mol. The lowest BCUT2D eigenvalue weighted by atomic mass is 9.99. The minimum absolute atomic E-state index is 0.162. The van der Waals surface area contributed by atoms with Crippen LogP contribution in [0.3, 0.4) is 0 Å². The van der Waals surface area contributed by atoms with Crippen molar-refractivity contribution in [3.63, 3.8) is 0 Å². The molecular weight excluding hydrogens is 404 g/mol. The molecule has 1 fully saturated rings. The lowest BCUT2D eigenvalue weighted by Gasteiger charge is -2.30. The molecule has 0 saturated carbocycles. The van der Waals surface area contributed by atoms with E-state index >= 15 is 0 Å². The Morgan fingerprint density at radius 2 is 1.59 bits per heavy atom. The number of carbonyl (C=O) groups excluding carboxylic acids is 1. The second kappa shape index (κ2) is 11.6. The fourth-order valence-electron chi connectivity index (χ4n) is 3.86. The second-order valence-electron chi connectivity index (χ2n) is 8.28. The van der Waals surface area contributed by atoms with Gasteiger partial charge in [-0.15, -0.1) is 0 Å². The number of hydrogen-bond donors (Lipinski definition) is 1. The molecule has 1 aliphatic heterocycles. The van der Waals surface area contributed by atoms with Crippen molar-refractivity contribution in [1.29, 1.82) is 0 Å². The van der Waals surface area contributed by atoms with Crippen molar-refractivity contribution < 1.29 is 19.0 Å². The van der Waals surface area contributed by atoms with Gasteiger partial charge in [0, 0.05) is 19.2 Å². The van der Waals surface area contributed by atoms with Crippen LogP contribution in [0.25, 0.3) is 6.08 Å².